The Bertz CT molecular complexity index is 3170. The van der Waals surface area contributed by atoms with E-state index in [0.717, 1.165) is 70.3 Å². The number of aliphatic hydroxyl groups is 1. The van der Waals surface area contributed by atoms with E-state index >= 15 is 9.59 Å². The van der Waals surface area contributed by atoms with Gasteiger partial charge in [-0.25, -0.2) is 4.98 Å². The largest absolute Gasteiger partial charge is 0.393 e. The third kappa shape index (κ3) is 13.5. The van der Waals surface area contributed by atoms with Gasteiger partial charge in [0.25, 0.3) is 11.8 Å². The van der Waals surface area contributed by atoms with Crippen molar-refractivity contribution < 1.29 is 52.9 Å². The fraction of sp³-hybridized carbons (Fsp3) is 0.712. The molecule has 0 radical (unpaired) electrons. The van der Waals surface area contributed by atoms with E-state index in [1.54, 1.807) is 38.9 Å². The van der Waals surface area contributed by atoms with E-state index in [2.05, 4.69) is 44.7 Å². The van der Waals surface area contributed by atoms with E-state index in [1.807, 2.05) is 42.7 Å². The van der Waals surface area contributed by atoms with Crippen molar-refractivity contribution in [3.63, 3.8) is 0 Å². The predicted octanol–water partition coefficient (Wildman–Crippen LogP) is 4.49. The summed E-state index contributed by atoms with van der Waals surface area (Å²) in [6.45, 7) is 15.4. The molecule has 2 spiro atoms. The molecule has 9 fully saturated rings. The lowest BCUT2D eigenvalue weighted by molar-refractivity contribution is -0.159. The van der Waals surface area contributed by atoms with Crippen LogP contribution >= 0.6 is 22.7 Å². The number of rotatable bonds is 21. The molecule has 3 saturated carbocycles. The van der Waals surface area contributed by atoms with Crippen LogP contribution in [-0.4, -0.2) is 215 Å². The molecule has 3 aliphatic carbocycles. The first-order chi connectivity index (χ1) is 43.6. The number of pyridine rings is 1. The van der Waals surface area contributed by atoms with E-state index in [0.29, 0.717) is 74.1 Å². The standard InChI is InChI=1S/C66H92N12O11S2/c1-40(89-31-41-15-17-44(79)18-16-41)53(61(86)74-21-11-12-42(27-74)30-88-6)71-55(80)47-28-76(60(85)51-26-68-39-91-51)33-66(47)36-78(37-66)62(87)64(4,5)45-22-43(45)24-69-57(82)54(49-13-10-14-52(70-49)73-19-8-7-9-20-73)72-56(81)48-29-75(59(84)50-25-67-38-90-50)32-65(48)34-77(35-65)58(83)46-23-63(46,2)3/h10,13-14,25-26,38-48,53-54,79H,7-9,11-12,15-24,27-37H2,1-6H3,(H,69,82)(H,71,80)(H,72,81)/t40-,41?,42+,43?,44?,45?,46-,47+,48+,53+,54?/m1/s1. The monoisotopic (exact) mass is 1290 g/mol. The van der Waals surface area contributed by atoms with Crippen molar-refractivity contribution in [2.24, 2.45) is 63.1 Å². The normalized spacial score (nSPS) is 28.2. The zero-order valence-corrected chi connectivity index (χ0v) is 55.3. The van der Waals surface area contributed by atoms with E-state index in [-0.39, 0.29) is 122 Å². The number of thiazole rings is 2. The molecule has 3 aromatic heterocycles. The average molecular weight is 1290 g/mol. The molecule has 6 saturated heterocycles. The molecule has 8 amide bonds. The molecule has 9 atom stereocenters. The molecule has 91 heavy (non-hydrogen) atoms. The number of aromatic nitrogens is 3. The molecule has 0 aromatic carbocycles. The molecule has 23 nitrogen and oxygen atoms in total. The maximum Gasteiger partial charge on any atom is 0.265 e. The Hall–Kier alpha value is -6.15. The van der Waals surface area contributed by atoms with Crippen molar-refractivity contribution in [1.82, 2.24) is 55.4 Å². The van der Waals surface area contributed by atoms with Crippen LogP contribution in [0.15, 0.2) is 41.6 Å². The molecule has 9 heterocycles. The Morgan fingerprint density at radius 2 is 1.32 bits per heavy atom. The van der Waals surface area contributed by atoms with Gasteiger partial charge in [0, 0.05) is 121 Å². The Morgan fingerprint density at radius 3 is 1.91 bits per heavy atom. The second-order valence-corrected chi connectivity index (χ2v) is 31.2. The van der Waals surface area contributed by atoms with Crippen LogP contribution in [-0.2, 0) is 38.2 Å². The fourth-order valence-electron chi connectivity index (χ4n) is 16.2. The second-order valence-electron chi connectivity index (χ2n) is 29.5. The number of amides is 8. The van der Waals surface area contributed by atoms with E-state index in [9.17, 15) is 33.9 Å². The highest BCUT2D eigenvalue weighted by atomic mass is 32.1. The van der Waals surface area contributed by atoms with Crippen molar-refractivity contribution in [1.29, 1.82) is 0 Å². The minimum Gasteiger partial charge on any atom is -0.393 e. The summed E-state index contributed by atoms with van der Waals surface area (Å²) in [7, 11) is 1.66. The van der Waals surface area contributed by atoms with Crippen molar-refractivity contribution in [3.05, 3.63) is 57.1 Å². The number of anilines is 1. The van der Waals surface area contributed by atoms with Gasteiger partial charge in [0.05, 0.1) is 59.8 Å². The number of ether oxygens (including phenoxy) is 2. The number of carbonyl (C=O) groups is 8. The molecule has 3 unspecified atom stereocenters. The molecule has 25 heteroatoms. The quantitative estimate of drug-likeness (QED) is 0.114. The Labute approximate surface area is 541 Å². The van der Waals surface area contributed by atoms with E-state index in [1.165, 1.54) is 35.1 Å². The summed E-state index contributed by atoms with van der Waals surface area (Å²) in [5.74, 6) is -2.64. The molecule has 3 aromatic rings. The van der Waals surface area contributed by atoms with Crippen LogP contribution in [0.2, 0.25) is 0 Å². The topological polar surface area (TPSA) is 269 Å². The first-order valence-corrected chi connectivity index (χ1v) is 34.9. The number of carbonyl (C=O) groups excluding carboxylic acids is 8. The van der Waals surface area contributed by atoms with Crippen LogP contribution in [0.1, 0.15) is 136 Å². The summed E-state index contributed by atoms with van der Waals surface area (Å²) in [6.07, 6.45) is 11.4. The Balaban J connectivity index is 0.725. The maximum atomic E-state index is 15.1. The fourth-order valence-corrected chi connectivity index (χ4v) is 17.4. The van der Waals surface area contributed by atoms with Gasteiger partial charge in [-0.05, 0) is 119 Å². The third-order valence-electron chi connectivity index (χ3n) is 22.1. The van der Waals surface area contributed by atoms with Crippen LogP contribution in [0.25, 0.3) is 0 Å². The smallest absolute Gasteiger partial charge is 0.265 e. The van der Waals surface area contributed by atoms with Gasteiger partial charge in [0.1, 0.15) is 21.6 Å². The van der Waals surface area contributed by atoms with Gasteiger partial charge >= 0.3 is 0 Å². The maximum absolute atomic E-state index is 15.1. The highest BCUT2D eigenvalue weighted by Gasteiger charge is 2.64. The average Bonchev–Trinajstić information content (AvgIpc) is 1.61. The lowest BCUT2D eigenvalue weighted by Gasteiger charge is -2.52. The number of hydrogen-bond donors (Lipinski definition) is 4. The highest BCUT2D eigenvalue weighted by Crippen LogP contribution is 2.56. The Kier molecular flexibility index (Phi) is 18.8. The van der Waals surface area contributed by atoms with Gasteiger partial charge in [0.2, 0.25) is 35.4 Å². The Morgan fingerprint density at radius 1 is 0.714 bits per heavy atom. The number of nitrogens with zero attached hydrogens (tertiary/aromatic N) is 9. The van der Waals surface area contributed by atoms with Gasteiger partial charge < -0.3 is 59.9 Å². The molecule has 494 valence electrons. The zero-order chi connectivity index (χ0) is 64.1. The van der Waals surface area contributed by atoms with Gasteiger partial charge in [-0.3, -0.25) is 48.3 Å². The molecule has 6 aliphatic heterocycles. The van der Waals surface area contributed by atoms with Crippen LogP contribution in [0.3, 0.4) is 0 Å². The summed E-state index contributed by atoms with van der Waals surface area (Å²) in [5, 5.41) is 19.6. The van der Waals surface area contributed by atoms with Crippen molar-refractivity contribution in [2.45, 2.75) is 130 Å². The minimum atomic E-state index is -1.20. The van der Waals surface area contributed by atoms with Gasteiger partial charge in [-0.2, -0.15) is 0 Å². The van der Waals surface area contributed by atoms with Crippen molar-refractivity contribution in [3.8, 4) is 0 Å². The van der Waals surface area contributed by atoms with E-state index in [4.69, 9.17) is 14.5 Å². The third-order valence-corrected chi connectivity index (χ3v) is 23.6. The number of nitrogens with one attached hydrogen (secondary N) is 3. The number of aliphatic hydroxyl groups excluding tert-OH is 1. The lowest BCUT2D eigenvalue weighted by atomic mass is 9.69. The summed E-state index contributed by atoms with van der Waals surface area (Å²) >= 11 is 2.46. The number of methoxy groups -OCH3 is 1. The summed E-state index contributed by atoms with van der Waals surface area (Å²) in [4.78, 5) is 142. The van der Waals surface area contributed by atoms with Gasteiger partial charge in [0.15, 0.2) is 6.04 Å². The van der Waals surface area contributed by atoms with Gasteiger partial charge in [-0.15, -0.1) is 22.7 Å². The lowest BCUT2D eigenvalue weighted by Crippen LogP contribution is -2.67. The molecule has 12 rings (SSSR count). The SMILES string of the molecule is COC[C@H]1CCCN(C(=O)[C@@H](NC(=O)[C@@H]2CN(C(=O)c3cncs3)CC23CN(C(=O)C(C)(C)C2CC2CNC(=O)C(NC(=O)[C@@H]2CN(C(=O)c4cncs4)CC24CN(C(=O)[C@H]2CC2(C)C)C4)c2cccc(N4CCCCC4)n2)C3)[C@@H](C)OCC2CCC(O)CC2)C1. The highest BCUT2D eigenvalue weighted by molar-refractivity contribution is 7.12. The predicted molar refractivity (Wildman–Crippen MR) is 339 cm³/mol. The van der Waals surface area contributed by atoms with Crippen LogP contribution in [0.5, 0.6) is 0 Å². The summed E-state index contributed by atoms with van der Waals surface area (Å²) < 4.78 is 12.0. The number of hydrogen-bond acceptors (Lipinski definition) is 17. The molecular formula is C66H92N12O11S2. The number of piperidine rings is 2. The molecule has 4 N–H and O–H groups in total. The number of likely N-dealkylation sites (tertiary alicyclic amines) is 5. The van der Waals surface area contributed by atoms with Crippen LogP contribution in [0, 0.1) is 63.1 Å². The molecular weight excluding hydrogens is 1200 g/mol. The van der Waals surface area contributed by atoms with Crippen LogP contribution in [0.4, 0.5) is 5.82 Å². The first-order valence-electron chi connectivity index (χ1n) is 33.2. The summed E-state index contributed by atoms with van der Waals surface area (Å²) in [6, 6.07) is 3.32. The zero-order valence-electron chi connectivity index (χ0n) is 53.6. The van der Waals surface area contributed by atoms with Crippen molar-refractivity contribution in [2.75, 3.05) is 110 Å². The van der Waals surface area contributed by atoms with Gasteiger partial charge in [-0.1, -0.05) is 33.8 Å². The first kappa shape index (κ1) is 64.9. The summed E-state index contributed by atoms with van der Waals surface area (Å²) in [5.41, 5.74) is 1.09. The second kappa shape index (κ2) is 26.3. The van der Waals surface area contributed by atoms with E-state index < -0.39 is 58.1 Å². The van der Waals surface area contributed by atoms with Crippen LogP contribution < -0.4 is 20.9 Å². The minimum absolute atomic E-state index is 0.0690. The van der Waals surface area contributed by atoms with Crippen molar-refractivity contribution >= 4 is 75.7 Å². The molecule has 0 bridgehead atoms. The molecule has 9 aliphatic rings.